The second-order valence-electron chi connectivity index (χ2n) is 3.71. The van der Waals surface area contributed by atoms with Crippen LogP contribution in [0.4, 0.5) is 0 Å². The van der Waals surface area contributed by atoms with Crippen LogP contribution in [0.2, 0.25) is 0 Å². The van der Waals surface area contributed by atoms with Gasteiger partial charge in [-0.05, 0) is 40.5 Å². The molecule has 0 aliphatic heterocycles. The average Bonchev–Trinajstić information content (AvgIpc) is 2.87. The van der Waals surface area contributed by atoms with Gasteiger partial charge in [0.1, 0.15) is 5.76 Å². The van der Waals surface area contributed by atoms with Gasteiger partial charge in [0, 0.05) is 27.6 Å². The van der Waals surface area contributed by atoms with Crippen molar-refractivity contribution in [3.05, 3.63) is 45.0 Å². The Morgan fingerprint density at radius 2 is 2.38 bits per heavy atom. The fraction of sp³-hybridized carbons (Fsp3) is 0.333. The molecule has 1 N–H and O–H groups in total. The van der Waals surface area contributed by atoms with Crippen molar-refractivity contribution in [1.29, 1.82) is 0 Å². The Kier molecular flexibility index (Phi) is 4.21. The highest BCUT2D eigenvalue weighted by Crippen LogP contribution is 2.21. The van der Waals surface area contributed by atoms with Gasteiger partial charge in [-0.2, -0.15) is 0 Å². The van der Waals surface area contributed by atoms with E-state index in [1.807, 2.05) is 17.5 Å². The molecule has 2 nitrogen and oxygen atoms in total. The molecule has 2 aromatic heterocycles. The van der Waals surface area contributed by atoms with Crippen molar-refractivity contribution in [3.63, 3.8) is 0 Å². The molecule has 0 aromatic carbocycles. The fourth-order valence-electron chi connectivity index (χ4n) is 1.56. The van der Waals surface area contributed by atoms with Crippen LogP contribution in [0.5, 0.6) is 0 Å². The van der Waals surface area contributed by atoms with Crippen LogP contribution >= 0.6 is 27.3 Å². The normalized spacial score (nSPS) is 12.9. The van der Waals surface area contributed by atoms with Gasteiger partial charge >= 0.3 is 0 Å². The van der Waals surface area contributed by atoms with Crippen molar-refractivity contribution in [2.24, 2.45) is 0 Å². The smallest absolute Gasteiger partial charge is 0.103 e. The highest BCUT2D eigenvalue weighted by molar-refractivity contribution is 9.10. The Bertz CT molecular complexity index is 422. The minimum absolute atomic E-state index is 0.296. The van der Waals surface area contributed by atoms with Crippen LogP contribution in [0.3, 0.4) is 0 Å². The van der Waals surface area contributed by atoms with Gasteiger partial charge in [-0.1, -0.05) is 0 Å². The lowest BCUT2D eigenvalue weighted by molar-refractivity contribution is 0.164. The Morgan fingerprint density at radius 1 is 1.50 bits per heavy atom. The third kappa shape index (κ3) is 3.47. The molecular weight excluding hydrogens is 288 g/mol. The Balaban J connectivity index is 1.78. The number of aliphatic hydroxyl groups is 1. The van der Waals surface area contributed by atoms with Gasteiger partial charge in [0.05, 0.1) is 12.4 Å². The second kappa shape index (κ2) is 5.66. The Morgan fingerprint density at radius 3 is 3.00 bits per heavy atom. The molecule has 0 radical (unpaired) electrons. The third-order valence-corrected chi connectivity index (χ3v) is 4.08. The van der Waals surface area contributed by atoms with Gasteiger partial charge in [0.15, 0.2) is 0 Å². The number of rotatable bonds is 5. The first-order chi connectivity index (χ1) is 7.74. The van der Waals surface area contributed by atoms with Crippen molar-refractivity contribution >= 4 is 27.3 Å². The van der Waals surface area contributed by atoms with E-state index in [0.717, 1.165) is 29.5 Å². The summed E-state index contributed by atoms with van der Waals surface area (Å²) in [4.78, 5) is 1.21. The summed E-state index contributed by atoms with van der Waals surface area (Å²) in [6.45, 7) is 0. The van der Waals surface area contributed by atoms with Gasteiger partial charge in [-0.3, -0.25) is 0 Å². The zero-order valence-electron chi connectivity index (χ0n) is 8.73. The van der Waals surface area contributed by atoms with Crippen LogP contribution in [-0.4, -0.2) is 11.2 Å². The molecule has 2 heterocycles. The van der Waals surface area contributed by atoms with E-state index >= 15 is 0 Å². The monoisotopic (exact) mass is 300 g/mol. The third-order valence-electron chi connectivity index (χ3n) is 2.36. The Labute approximate surface area is 107 Å². The van der Waals surface area contributed by atoms with E-state index in [4.69, 9.17) is 4.42 Å². The number of aliphatic hydroxyl groups excluding tert-OH is 1. The topological polar surface area (TPSA) is 33.4 Å². The summed E-state index contributed by atoms with van der Waals surface area (Å²) in [5.74, 6) is 0.936. The molecule has 2 aromatic rings. The van der Waals surface area contributed by atoms with E-state index in [-0.39, 0.29) is 6.10 Å². The van der Waals surface area contributed by atoms with Crippen LogP contribution in [0.25, 0.3) is 0 Å². The van der Waals surface area contributed by atoms with E-state index in [2.05, 4.69) is 22.0 Å². The van der Waals surface area contributed by atoms with E-state index < -0.39 is 0 Å². The van der Waals surface area contributed by atoms with Gasteiger partial charge in [0.25, 0.3) is 0 Å². The summed E-state index contributed by atoms with van der Waals surface area (Å²) in [5, 5.41) is 11.9. The summed E-state index contributed by atoms with van der Waals surface area (Å²) in [7, 11) is 0. The first-order valence-corrected chi connectivity index (χ1v) is 6.84. The van der Waals surface area contributed by atoms with E-state index in [1.54, 1.807) is 17.6 Å². The number of hydrogen-bond acceptors (Lipinski definition) is 3. The predicted octanol–water partition coefficient (Wildman–Crippen LogP) is 3.64. The average molecular weight is 301 g/mol. The van der Waals surface area contributed by atoms with Crippen molar-refractivity contribution in [1.82, 2.24) is 0 Å². The molecule has 4 heteroatoms. The quantitative estimate of drug-likeness (QED) is 0.914. The second-order valence-corrected chi connectivity index (χ2v) is 5.62. The molecular formula is C12H13BrO2S. The lowest BCUT2D eigenvalue weighted by atomic mass is 10.1. The van der Waals surface area contributed by atoms with Crippen LogP contribution in [0, 0.1) is 0 Å². The largest absolute Gasteiger partial charge is 0.469 e. The van der Waals surface area contributed by atoms with E-state index in [9.17, 15) is 5.11 Å². The molecule has 0 saturated heterocycles. The minimum Gasteiger partial charge on any atom is -0.469 e. The zero-order chi connectivity index (χ0) is 11.4. The van der Waals surface area contributed by atoms with Gasteiger partial charge in [-0.25, -0.2) is 0 Å². The molecule has 16 heavy (non-hydrogen) atoms. The summed E-state index contributed by atoms with van der Waals surface area (Å²) < 4.78 is 6.31. The van der Waals surface area contributed by atoms with Crippen LogP contribution in [0.1, 0.15) is 17.1 Å². The summed E-state index contributed by atoms with van der Waals surface area (Å²) >= 11 is 5.08. The van der Waals surface area contributed by atoms with Crippen LogP contribution in [0.15, 0.2) is 38.7 Å². The van der Waals surface area contributed by atoms with Crippen LogP contribution in [-0.2, 0) is 12.8 Å². The molecule has 1 unspecified atom stereocenters. The minimum atomic E-state index is -0.296. The lowest BCUT2D eigenvalue weighted by Crippen LogP contribution is -2.10. The van der Waals surface area contributed by atoms with Gasteiger partial charge < -0.3 is 9.52 Å². The molecule has 0 bridgehead atoms. The molecule has 0 aliphatic rings. The fourth-order valence-corrected chi connectivity index (χ4v) is 3.08. The number of hydrogen-bond donors (Lipinski definition) is 1. The number of furan rings is 1. The van der Waals surface area contributed by atoms with Crippen molar-refractivity contribution < 1.29 is 9.52 Å². The summed E-state index contributed by atoms with van der Waals surface area (Å²) in [5.41, 5.74) is 0. The zero-order valence-corrected chi connectivity index (χ0v) is 11.1. The summed E-state index contributed by atoms with van der Waals surface area (Å²) in [6.07, 6.45) is 3.62. The molecule has 0 fully saturated rings. The summed E-state index contributed by atoms with van der Waals surface area (Å²) in [6, 6.07) is 5.87. The first kappa shape index (κ1) is 11.9. The predicted molar refractivity (Wildman–Crippen MR) is 68.8 cm³/mol. The Hall–Kier alpha value is -0.580. The molecule has 0 aliphatic carbocycles. The van der Waals surface area contributed by atoms with Crippen LogP contribution < -0.4 is 0 Å². The molecule has 86 valence electrons. The van der Waals surface area contributed by atoms with Crippen molar-refractivity contribution in [3.8, 4) is 0 Å². The maximum absolute atomic E-state index is 9.86. The highest BCUT2D eigenvalue weighted by atomic mass is 79.9. The lowest BCUT2D eigenvalue weighted by Gasteiger charge is -2.07. The standard InChI is InChI=1S/C12H13BrO2S/c13-9-6-12(16-8-9)7-10(14)3-4-11-2-1-5-15-11/h1-2,5-6,8,10,14H,3-4,7H2. The first-order valence-electron chi connectivity index (χ1n) is 5.17. The SMILES string of the molecule is OC(CCc1ccco1)Cc1cc(Br)cs1. The van der Waals surface area contributed by atoms with Gasteiger partial charge in [-0.15, -0.1) is 11.3 Å². The molecule has 0 saturated carbocycles. The number of thiophene rings is 1. The maximum atomic E-state index is 9.86. The van der Waals surface area contributed by atoms with Crippen molar-refractivity contribution in [2.75, 3.05) is 0 Å². The molecule has 0 amide bonds. The molecule has 2 rings (SSSR count). The van der Waals surface area contributed by atoms with E-state index in [1.165, 1.54) is 4.88 Å². The maximum Gasteiger partial charge on any atom is 0.103 e. The highest BCUT2D eigenvalue weighted by Gasteiger charge is 2.08. The van der Waals surface area contributed by atoms with E-state index in [0.29, 0.717) is 0 Å². The van der Waals surface area contributed by atoms with Crippen molar-refractivity contribution in [2.45, 2.75) is 25.4 Å². The van der Waals surface area contributed by atoms with Gasteiger partial charge in [0.2, 0.25) is 0 Å². The molecule has 1 atom stereocenters. The number of halogens is 1. The molecule has 0 spiro atoms. The number of aryl methyl sites for hydroxylation is 1.